The van der Waals surface area contributed by atoms with Gasteiger partial charge in [0, 0.05) is 0 Å². The van der Waals surface area contributed by atoms with Crippen molar-refractivity contribution in [2.75, 3.05) is 0 Å². The fraction of sp³-hybridized carbons (Fsp3) is 0.667. The van der Waals surface area contributed by atoms with Gasteiger partial charge >= 0.3 is 0 Å². The molecule has 2 aromatic carbocycles. The highest BCUT2D eigenvalue weighted by atomic mass is 14.7. The Morgan fingerprint density at radius 1 is 0.472 bits per heavy atom. The van der Waals surface area contributed by atoms with Crippen molar-refractivity contribution < 1.29 is 0 Å². The van der Waals surface area contributed by atoms with E-state index in [1.165, 1.54) is 88.2 Å². The first-order valence-electron chi connectivity index (χ1n) is 15.2. The van der Waals surface area contributed by atoms with Gasteiger partial charge in [-0.1, -0.05) is 76.2 Å². The van der Waals surface area contributed by atoms with Crippen LogP contribution in [-0.2, 0) is 10.8 Å². The fourth-order valence-corrected chi connectivity index (χ4v) is 13.6. The molecule has 4 atom stereocenters. The molecule has 0 spiro atoms. The van der Waals surface area contributed by atoms with Gasteiger partial charge in [0.25, 0.3) is 0 Å². The zero-order chi connectivity index (χ0) is 24.6. The second kappa shape index (κ2) is 6.71. The van der Waals surface area contributed by atoms with Gasteiger partial charge in [-0.2, -0.15) is 0 Å². The third-order valence-electron chi connectivity index (χ3n) is 12.5. The number of benzene rings is 2. The molecule has 4 unspecified atom stereocenters. The summed E-state index contributed by atoms with van der Waals surface area (Å²) in [6.45, 7) is 10.5. The second-order valence-electron chi connectivity index (χ2n) is 17.0. The SMILES string of the molecule is CC12CC3CC(C)(C1)CC(c1cccc(-c4cccc(C56CC7CC(C)(CC(C)(C7)C5)C6)c4)c1)(C3)C2. The van der Waals surface area contributed by atoms with E-state index in [1.54, 1.807) is 11.1 Å². The maximum absolute atomic E-state index is 2.63. The summed E-state index contributed by atoms with van der Waals surface area (Å²) in [5.41, 5.74) is 9.32. The molecule has 0 nitrogen and oxygen atoms in total. The highest BCUT2D eigenvalue weighted by molar-refractivity contribution is 5.66. The summed E-state index contributed by atoms with van der Waals surface area (Å²) in [6.07, 6.45) is 17.4. The minimum Gasteiger partial charge on any atom is -0.0614 e. The number of hydrogen-bond donors (Lipinski definition) is 0. The van der Waals surface area contributed by atoms with Gasteiger partial charge in [0.1, 0.15) is 0 Å². The van der Waals surface area contributed by atoms with E-state index in [-0.39, 0.29) is 0 Å². The summed E-state index contributed by atoms with van der Waals surface area (Å²) in [5.74, 6) is 1.89. The lowest BCUT2D eigenvalue weighted by atomic mass is 9.39. The van der Waals surface area contributed by atoms with Gasteiger partial charge < -0.3 is 0 Å². The van der Waals surface area contributed by atoms with Crippen LogP contribution in [0.5, 0.6) is 0 Å². The maximum atomic E-state index is 2.63. The van der Waals surface area contributed by atoms with Crippen molar-refractivity contribution in [3.63, 3.8) is 0 Å². The third-order valence-corrected chi connectivity index (χ3v) is 12.5. The van der Waals surface area contributed by atoms with Crippen LogP contribution in [0.1, 0.15) is 116 Å². The van der Waals surface area contributed by atoms with Crippen LogP contribution in [0.2, 0.25) is 0 Å². The molecule has 8 saturated carbocycles. The summed E-state index contributed by atoms with van der Waals surface area (Å²) in [4.78, 5) is 0. The Balaban J connectivity index is 1.17. The van der Waals surface area contributed by atoms with Crippen molar-refractivity contribution in [3.05, 3.63) is 59.7 Å². The second-order valence-corrected chi connectivity index (χ2v) is 17.0. The largest absolute Gasteiger partial charge is 0.0614 e. The standard InChI is InChI=1S/C36H46/c1-31-13-25-14-32(2,19-31)22-35(17-25,21-31)29-9-5-7-27(11-29)28-8-6-10-30(12-28)36-18-26-15-33(3,23-36)20-34(4,16-26)24-36/h5-12,25-26H,13-24H2,1-4H3. The molecule has 10 rings (SSSR count). The number of hydrogen-bond acceptors (Lipinski definition) is 0. The molecule has 36 heavy (non-hydrogen) atoms. The summed E-state index contributed by atoms with van der Waals surface area (Å²) in [6, 6.07) is 19.8. The predicted octanol–water partition coefficient (Wildman–Crippen LogP) is 9.85. The Kier molecular flexibility index (Phi) is 4.18. The van der Waals surface area contributed by atoms with E-state index in [0.717, 1.165) is 11.8 Å². The van der Waals surface area contributed by atoms with Crippen LogP contribution in [0.4, 0.5) is 0 Å². The first-order chi connectivity index (χ1) is 17.0. The quantitative estimate of drug-likeness (QED) is 0.412. The zero-order valence-electron chi connectivity index (χ0n) is 23.3. The molecule has 8 aliphatic rings. The minimum atomic E-state index is 0.416. The fourth-order valence-electron chi connectivity index (χ4n) is 13.6. The third kappa shape index (κ3) is 3.18. The van der Waals surface area contributed by atoms with E-state index < -0.39 is 0 Å². The lowest BCUT2D eigenvalue weighted by Gasteiger charge is -2.66. The van der Waals surface area contributed by atoms with Gasteiger partial charge in [0.05, 0.1) is 0 Å². The Bertz CT molecular complexity index is 1110. The zero-order valence-corrected chi connectivity index (χ0v) is 23.3. The predicted molar refractivity (Wildman–Crippen MR) is 150 cm³/mol. The Morgan fingerprint density at radius 3 is 1.17 bits per heavy atom. The van der Waals surface area contributed by atoms with Gasteiger partial charge in [0.2, 0.25) is 0 Å². The van der Waals surface area contributed by atoms with Crippen molar-refractivity contribution in [2.45, 2.75) is 116 Å². The summed E-state index contributed by atoms with van der Waals surface area (Å²) in [5, 5.41) is 0. The molecular formula is C36H46. The Hall–Kier alpha value is -1.56. The average Bonchev–Trinajstić information content (AvgIpc) is 2.74. The summed E-state index contributed by atoms with van der Waals surface area (Å²) >= 11 is 0. The van der Waals surface area contributed by atoms with Crippen LogP contribution >= 0.6 is 0 Å². The van der Waals surface area contributed by atoms with Crippen molar-refractivity contribution in [1.29, 1.82) is 0 Å². The van der Waals surface area contributed by atoms with E-state index in [1.807, 2.05) is 0 Å². The molecule has 0 heterocycles. The highest BCUT2D eigenvalue weighted by Crippen LogP contribution is 2.71. The van der Waals surface area contributed by atoms with Gasteiger partial charge in [-0.25, -0.2) is 0 Å². The highest BCUT2D eigenvalue weighted by Gasteiger charge is 2.61. The lowest BCUT2D eigenvalue weighted by Crippen LogP contribution is -2.56. The average molecular weight is 479 g/mol. The molecule has 0 aliphatic heterocycles. The molecule has 8 aliphatic carbocycles. The molecule has 2 aromatic rings. The molecule has 0 aromatic heterocycles. The first-order valence-corrected chi connectivity index (χ1v) is 15.2. The molecule has 0 amide bonds. The van der Waals surface area contributed by atoms with E-state index >= 15 is 0 Å². The molecule has 190 valence electrons. The smallest absolute Gasteiger partial charge is 0.00338 e. The molecular weight excluding hydrogens is 432 g/mol. The maximum Gasteiger partial charge on any atom is -0.00338 e. The van der Waals surface area contributed by atoms with E-state index in [0.29, 0.717) is 32.5 Å². The molecule has 8 bridgehead atoms. The summed E-state index contributed by atoms with van der Waals surface area (Å²) in [7, 11) is 0. The van der Waals surface area contributed by atoms with Crippen LogP contribution in [-0.4, -0.2) is 0 Å². The minimum absolute atomic E-state index is 0.416. The molecule has 8 fully saturated rings. The molecule has 0 saturated heterocycles. The van der Waals surface area contributed by atoms with Crippen LogP contribution in [0, 0.1) is 33.5 Å². The van der Waals surface area contributed by atoms with Crippen molar-refractivity contribution in [3.8, 4) is 11.1 Å². The lowest BCUT2D eigenvalue weighted by molar-refractivity contribution is -0.110. The molecule has 0 N–H and O–H groups in total. The van der Waals surface area contributed by atoms with Gasteiger partial charge in [-0.15, -0.1) is 0 Å². The molecule has 0 heteroatoms. The van der Waals surface area contributed by atoms with E-state index in [4.69, 9.17) is 0 Å². The van der Waals surface area contributed by atoms with E-state index in [9.17, 15) is 0 Å². The van der Waals surface area contributed by atoms with Crippen molar-refractivity contribution >= 4 is 0 Å². The van der Waals surface area contributed by atoms with Crippen LogP contribution < -0.4 is 0 Å². The Morgan fingerprint density at radius 2 is 0.833 bits per heavy atom. The number of rotatable bonds is 3. The Labute approximate surface area is 219 Å². The van der Waals surface area contributed by atoms with Crippen LogP contribution in [0.3, 0.4) is 0 Å². The monoisotopic (exact) mass is 478 g/mol. The van der Waals surface area contributed by atoms with E-state index in [2.05, 4.69) is 76.2 Å². The van der Waals surface area contributed by atoms with Gasteiger partial charge in [-0.3, -0.25) is 0 Å². The van der Waals surface area contributed by atoms with Gasteiger partial charge in [-0.05, 0) is 144 Å². The van der Waals surface area contributed by atoms with Crippen molar-refractivity contribution in [1.82, 2.24) is 0 Å². The van der Waals surface area contributed by atoms with Crippen molar-refractivity contribution in [2.24, 2.45) is 33.5 Å². The van der Waals surface area contributed by atoms with Gasteiger partial charge in [0.15, 0.2) is 0 Å². The topological polar surface area (TPSA) is 0 Å². The van der Waals surface area contributed by atoms with Crippen LogP contribution in [0.15, 0.2) is 48.5 Å². The van der Waals surface area contributed by atoms with Crippen LogP contribution in [0.25, 0.3) is 11.1 Å². The summed E-state index contributed by atoms with van der Waals surface area (Å²) < 4.78 is 0. The first kappa shape index (κ1) is 22.4. The molecule has 0 radical (unpaired) electrons. The normalized spacial score (nSPS) is 50.1.